The third kappa shape index (κ3) is 2.52. The van der Waals surface area contributed by atoms with E-state index in [1.807, 2.05) is 36.4 Å². The summed E-state index contributed by atoms with van der Waals surface area (Å²) in [6.45, 7) is 0. The number of hydrogen-bond donors (Lipinski definition) is 2. The molecule has 0 radical (unpaired) electrons. The molecule has 0 saturated heterocycles. The molecular weight excluding hydrogens is 324 g/mol. The van der Waals surface area contributed by atoms with Crippen molar-refractivity contribution in [3.05, 3.63) is 94.5 Å². The lowest BCUT2D eigenvalue weighted by atomic mass is 9.94. The number of hydrogen-bond acceptors (Lipinski definition) is 3. The van der Waals surface area contributed by atoms with Crippen LogP contribution in [0.2, 0.25) is 0 Å². The maximum Gasteiger partial charge on any atom is 0.195 e. The molecule has 26 heavy (non-hydrogen) atoms. The molecule has 4 nitrogen and oxygen atoms in total. The van der Waals surface area contributed by atoms with Crippen molar-refractivity contribution in [2.24, 2.45) is 5.73 Å². The molecule has 1 aliphatic carbocycles. The Morgan fingerprint density at radius 3 is 2.35 bits per heavy atom. The van der Waals surface area contributed by atoms with E-state index in [4.69, 9.17) is 11.1 Å². The van der Waals surface area contributed by atoms with Crippen molar-refractivity contribution in [2.45, 2.75) is 6.42 Å². The van der Waals surface area contributed by atoms with Crippen LogP contribution in [0.25, 0.3) is 11.1 Å². The molecule has 0 atom stereocenters. The van der Waals surface area contributed by atoms with Crippen molar-refractivity contribution in [2.75, 3.05) is 0 Å². The zero-order valence-electron chi connectivity index (χ0n) is 14.0. The van der Waals surface area contributed by atoms with E-state index in [9.17, 15) is 9.59 Å². The van der Waals surface area contributed by atoms with Crippen LogP contribution in [-0.4, -0.2) is 17.4 Å². The number of nitrogens with one attached hydrogen (secondary N) is 1. The van der Waals surface area contributed by atoms with E-state index in [0.29, 0.717) is 22.3 Å². The number of carbonyl (C=O) groups excluding carboxylic acids is 2. The highest BCUT2D eigenvalue weighted by Crippen LogP contribution is 2.38. The monoisotopic (exact) mass is 340 g/mol. The number of benzene rings is 3. The SMILES string of the molecule is N=C(N)c1cccc(CC(=O)c2cccc3c2C(=O)c2ccccc2-3)c1. The number of amidine groups is 1. The van der Waals surface area contributed by atoms with E-state index >= 15 is 0 Å². The molecule has 0 unspecified atom stereocenters. The van der Waals surface area contributed by atoms with E-state index in [0.717, 1.165) is 16.7 Å². The van der Waals surface area contributed by atoms with Crippen molar-refractivity contribution in [3.63, 3.8) is 0 Å². The fourth-order valence-corrected chi connectivity index (χ4v) is 3.43. The van der Waals surface area contributed by atoms with Gasteiger partial charge < -0.3 is 5.73 Å². The Morgan fingerprint density at radius 2 is 1.58 bits per heavy atom. The van der Waals surface area contributed by atoms with Gasteiger partial charge in [-0.15, -0.1) is 0 Å². The summed E-state index contributed by atoms with van der Waals surface area (Å²) in [5, 5.41) is 7.53. The smallest absolute Gasteiger partial charge is 0.195 e. The summed E-state index contributed by atoms with van der Waals surface area (Å²) in [5.74, 6) is -0.258. The van der Waals surface area contributed by atoms with Gasteiger partial charge in [0.25, 0.3) is 0 Å². The van der Waals surface area contributed by atoms with Gasteiger partial charge in [0.1, 0.15) is 5.84 Å². The van der Waals surface area contributed by atoms with E-state index < -0.39 is 0 Å². The van der Waals surface area contributed by atoms with Gasteiger partial charge >= 0.3 is 0 Å². The summed E-state index contributed by atoms with van der Waals surface area (Å²) in [5.41, 5.74) is 10.1. The molecule has 1 aliphatic rings. The fourth-order valence-electron chi connectivity index (χ4n) is 3.43. The number of carbonyl (C=O) groups is 2. The second kappa shape index (κ2) is 6.08. The second-order valence-electron chi connectivity index (χ2n) is 6.32. The standard InChI is InChI=1S/C22H16N2O2/c23-22(24)14-6-3-5-13(11-14)12-19(25)18-10-4-9-16-15-7-1-2-8-17(15)21(26)20(16)18/h1-11H,12H2,(H3,23,24). The fraction of sp³-hybridized carbons (Fsp3) is 0.0455. The Hall–Kier alpha value is -3.53. The van der Waals surface area contributed by atoms with Crippen LogP contribution in [0.15, 0.2) is 66.7 Å². The molecule has 0 saturated carbocycles. The first-order valence-corrected chi connectivity index (χ1v) is 8.30. The molecule has 0 heterocycles. The number of nitrogen functional groups attached to an aromatic ring is 1. The molecule has 3 N–H and O–H groups in total. The molecular formula is C22H16N2O2. The van der Waals surface area contributed by atoms with Gasteiger partial charge in [0.2, 0.25) is 0 Å². The Labute approximate surface area is 150 Å². The van der Waals surface area contributed by atoms with Crippen LogP contribution >= 0.6 is 0 Å². The van der Waals surface area contributed by atoms with Gasteiger partial charge in [0, 0.05) is 28.7 Å². The zero-order valence-corrected chi connectivity index (χ0v) is 14.0. The molecule has 0 aromatic heterocycles. The molecule has 0 spiro atoms. The summed E-state index contributed by atoms with van der Waals surface area (Å²) in [7, 11) is 0. The lowest BCUT2D eigenvalue weighted by Crippen LogP contribution is -2.13. The summed E-state index contributed by atoms with van der Waals surface area (Å²) in [4.78, 5) is 25.7. The van der Waals surface area contributed by atoms with Gasteiger partial charge in [0.05, 0.1) is 0 Å². The molecule has 0 amide bonds. The molecule has 3 aromatic rings. The third-order valence-electron chi connectivity index (χ3n) is 4.66. The molecule has 126 valence electrons. The highest BCUT2D eigenvalue weighted by atomic mass is 16.1. The van der Waals surface area contributed by atoms with Crippen molar-refractivity contribution in [3.8, 4) is 11.1 Å². The van der Waals surface area contributed by atoms with Crippen molar-refractivity contribution in [1.82, 2.24) is 0 Å². The number of rotatable bonds is 4. The normalized spacial score (nSPS) is 11.8. The predicted octanol–water partition coefficient (Wildman–Crippen LogP) is 3.61. The number of nitrogens with two attached hydrogens (primary N) is 1. The average Bonchev–Trinajstić information content (AvgIpc) is 2.95. The quantitative estimate of drug-likeness (QED) is 0.338. The Bertz CT molecular complexity index is 1080. The molecule has 3 aromatic carbocycles. The molecule has 0 aliphatic heterocycles. The van der Waals surface area contributed by atoms with Gasteiger partial charge in [-0.05, 0) is 22.8 Å². The first-order chi connectivity index (χ1) is 12.6. The predicted molar refractivity (Wildman–Crippen MR) is 101 cm³/mol. The highest BCUT2D eigenvalue weighted by molar-refractivity contribution is 6.26. The lowest BCUT2D eigenvalue weighted by Gasteiger charge is -2.08. The minimum Gasteiger partial charge on any atom is -0.384 e. The van der Waals surface area contributed by atoms with Gasteiger partial charge in [-0.1, -0.05) is 60.7 Å². The van der Waals surface area contributed by atoms with Crippen LogP contribution in [0.1, 0.15) is 37.4 Å². The average molecular weight is 340 g/mol. The molecule has 0 bridgehead atoms. The maximum absolute atomic E-state index is 12.9. The summed E-state index contributed by atoms with van der Waals surface area (Å²) >= 11 is 0. The van der Waals surface area contributed by atoms with Crippen molar-refractivity contribution in [1.29, 1.82) is 5.41 Å². The van der Waals surface area contributed by atoms with Crippen LogP contribution < -0.4 is 5.73 Å². The van der Waals surface area contributed by atoms with Crippen LogP contribution in [0.4, 0.5) is 0 Å². The topological polar surface area (TPSA) is 84.0 Å². The Kier molecular flexibility index (Phi) is 3.73. The lowest BCUT2D eigenvalue weighted by molar-refractivity contribution is 0.0977. The van der Waals surface area contributed by atoms with Crippen molar-refractivity contribution >= 4 is 17.4 Å². The molecule has 4 heteroatoms. The van der Waals surface area contributed by atoms with E-state index in [-0.39, 0.29) is 23.8 Å². The minimum atomic E-state index is -0.122. The number of Topliss-reactive ketones (excluding diaryl/α,β-unsaturated/α-hetero) is 1. The van der Waals surface area contributed by atoms with Gasteiger partial charge in [0.15, 0.2) is 11.6 Å². The first-order valence-electron chi connectivity index (χ1n) is 8.30. The second-order valence-corrected chi connectivity index (χ2v) is 6.32. The van der Waals surface area contributed by atoms with E-state index in [1.54, 1.807) is 30.3 Å². The first kappa shape index (κ1) is 16.0. The summed E-state index contributed by atoms with van der Waals surface area (Å²) < 4.78 is 0. The van der Waals surface area contributed by atoms with Crippen LogP contribution in [0.5, 0.6) is 0 Å². The third-order valence-corrected chi connectivity index (χ3v) is 4.66. The Balaban J connectivity index is 1.72. The van der Waals surface area contributed by atoms with E-state index in [1.165, 1.54) is 0 Å². The van der Waals surface area contributed by atoms with Crippen LogP contribution in [0, 0.1) is 5.41 Å². The largest absolute Gasteiger partial charge is 0.384 e. The maximum atomic E-state index is 12.9. The van der Waals surface area contributed by atoms with Gasteiger partial charge in [-0.25, -0.2) is 0 Å². The van der Waals surface area contributed by atoms with Gasteiger partial charge in [-0.2, -0.15) is 0 Å². The number of ketones is 2. The van der Waals surface area contributed by atoms with Gasteiger partial charge in [-0.3, -0.25) is 15.0 Å². The minimum absolute atomic E-state index is 0.0365. The summed E-state index contributed by atoms with van der Waals surface area (Å²) in [6.07, 6.45) is 0.154. The molecule has 4 rings (SSSR count). The summed E-state index contributed by atoms with van der Waals surface area (Å²) in [6, 6.07) is 19.9. The Morgan fingerprint density at radius 1 is 0.885 bits per heavy atom. The van der Waals surface area contributed by atoms with E-state index in [2.05, 4.69) is 0 Å². The molecule has 0 fully saturated rings. The highest BCUT2D eigenvalue weighted by Gasteiger charge is 2.30. The number of fused-ring (bicyclic) bond motifs is 3. The van der Waals surface area contributed by atoms with Crippen LogP contribution in [0.3, 0.4) is 0 Å². The zero-order chi connectivity index (χ0) is 18.3. The van der Waals surface area contributed by atoms with Crippen molar-refractivity contribution < 1.29 is 9.59 Å². The van der Waals surface area contributed by atoms with Crippen LogP contribution in [-0.2, 0) is 6.42 Å².